The van der Waals surface area contributed by atoms with Crippen LogP contribution in [-0.4, -0.2) is 22.7 Å². The van der Waals surface area contributed by atoms with E-state index in [1.807, 2.05) is 37.3 Å². The van der Waals surface area contributed by atoms with E-state index in [1.54, 1.807) is 18.2 Å². The van der Waals surface area contributed by atoms with Gasteiger partial charge in [-0.3, -0.25) is 9.59 Å². The minimum Gasteiger partial charge on any atom is -0.493 e. The lowest BCUT2D eigenvalue weighted by atomic mass is 10.1. The Labute approximate surface area is 190 Å². The van der Waals surface area contributed by atoms with Gasteiger partial charge in [0.25, 0.3) is 5.91 Å². The van der Waals surface area contributed by atoms with Crippen molar-refractivity contribution in [1.82, 2.24) is 10.6 Å². The number of benzene rings is 2. The van der Waals surface area contributed by atoms with Crippen LogP contribution in [0.3, 0.4) is 0 Å². The number of ether oxygens (including phenoxy) is 1. The molecular weight excluding hydrogens is 440 g/mol. The summed E-state index contributed by atoms with van der Waals surface area (Å²) in [6.45, 7) is 2.87. The molecule has 30 heavy (non-hydrogen) atoms. The topological polar surface area (TPSA) is 67.4 Å². The van der Waals surface area contributed by atoms with Gasteiger partial charge in [0.2, 0.25) is 5.91 Å². The molecule has 2 amide bonds. The fourth-order valence-corrected chi connectivity index (χ4v) is 3.97. The number of halogens is 1. The Morgan fingerprint density at radius 1 is 1.27 bits per heavy atom. The summed E-state index contributed by atoms with van der Waals surface area (Å²) in [7, 11) is 0. The molecule has 1 aliphatic rings. The fourth-order valence-electron chi connectivity index (χ4n) is 2.80. The number of thioether (sulfide) groups is 1. The van der Waals surface area contributed by atoms with Crippen LogP contribution in [-0.2, 0) is 16.1 Å². The number of hydrogen-bond donors (Lipinski definition) is 2. The molecule has 0 aromatic heterocycles. The molecule has 0 aliphatic carbocycles. The highest BCUT2D eigenvalue weighted by Gasteiger charge is 2.21. The van der Waals surface area contributed by atoms with Crippen molar-refractivity contribution in [3.05, 3.63) is 69.1 Å². The summed E-state index contributed by atoms with van der Waals surface area (Å²) < 4.78 is 6.28. The van der Waals surface area contributed by atoms with Gasteiger partial charge in [-0.1, -0.05) is 53.8 Å². The molecule has 2 aromatic carbocycles. The average molecular weight is 461 g/mol. The predicted molar refractivity (Wildman–Crippen MR) is 126 cm³/mol. The predicted octanol–water partition coefficient (Wildman–Crippen LogP) is 4.61. The lowest BCUT2D eigenvalue weighted by molar-refractivity contribution is -0.121. The molecule has 3 rings (SSSR count). The molecule has 1 fully saturated rings. The number of thiocarbonyl (C=S) groups is 1. The molecule has 2 N–H and O–H groups in total. The Balaban J connectivity index is 1.42. The second-order valence-electron chi connectivity index (χ2n) is 6.73. The molecule has 0 spiro atoms. The van der Waals surface area contributed by atoms with Crippen LogP contribution >= 0.6 is 35.6 Å². The molecular formula is C22H21ClN2O3S2. The van der Waals surface area contributed by atoms with Gasteiger partial charge in [0, 0.05) is 18.0 Å². The Morgan fingerprint density at radius 3 is 2.70 bits per heavy atom. The quantitative estimate of drug-likeness (QED) is 0.342. The first-order chi connectivity index (χ1) is 14.4. The first kappa shape index (κ1) is 22.3. The first-order valence-corrected chi connectivity index (χ1v) is 11.0. The van der Waals surface area contributed by atoms with Crippen LogP contribution in [0.15, 0.2) is 47.4 Å². The van der Waals surface area contributed by atoms with E-state index in [1.165, 1.54) is 11.8 Å². The van der Waals surface area contributed by atoms with E-state index in [9.17, 15) is 9.59 Å². The maximum atomic E-state index is 12.0. The van der Waals surface area contributed by atoms with Gasteiger partial charge in [-0.25, -0.2) is 0 Å². The zero-order valence-electron chi connectivity index (χ0n) is 16.4. The van der Waals surface area contributed by atoms with Crippen molar-refractivity contribution in [2.75, 3.05) is 6.61 Å². The average Bonchev–Trinajstić information content (AvgIpc) is 3.03. The first-order valence-electron chi connectivity index (χ1n) is 9.40. The maximum Gasteiger partial charge on any atom is 0.263 e. The third kappa shape index (κ3) is 6.58. The number of amides is 2. The van der Waals surface area contributed by atoms with E-state index in [0.29, 0.717) is 40.2 Å². The third-order valence-corrected chi connectivity index (χ3v) is 5.76. The van der Waals surface area contributed by atoms with E-state index in [2.05, 4.69) is 10.6 Å². The molecule has 0 saturated carbocycles. The van der Waals surface area contributed by atoms with Crippen molar-refractivity contribution in [2.24, 2.45) is 0 Å². The van der Waals surface area contributed by atoms with Crippen LogP contribution in [0.2, 0.25) is 5.02 Å². The lowest BCUT2D eigenvalue weighted by Crippen LogP contribution is -2.22. The van der Waals surface area contributed by atoms with Crippen molar-refractivity contribution in [3.63, 3.8) is 0 Å². The van der Waals surface area contributed by atoms with E-state index in [-0.39, 0.29) is 11.8 Å². The van der Waals surface area contributed by atoms with Gasteiger partial charge in [-0.05, 0) is 60.4 Å². The number of carbonyl (C=O) groups excluding carboxylic acids is 2. The molecule has 156 valence electrons. The van der Waals surface area contributed by atoms with Gasteiger partial charge in [0.05, 0.1) is 11.5 Å². The summed E-state index contributed by atoms with van der Waals surface area (Å²) in [5.41, 5.74) is 2.87. The van der Waals surface area contributed by atoms with Crippen LogP contribution < -0.4 is 15.4 Å². The SMILES string of the molecule is Cc1cc(/C=C2\SC(=S)NC2=O)ccc1OCCCC(=O)NCc1ccc(Cl)cc1. The molecule has 1 aliphatic heterocycles. The molecule has 5 nitrogen and oxygen atoms in total. The Bertz CT molecular complexity index is 990. The molecule has 8 heteroatoms. The van der Waals surface area contributed by atoms with Crippen molar-refractivity contribution in [2.45, 2.75) is 26.3 Å². The molecule has 2 aromatic rings. The van der Waals surface area contributed by atoms with Crippen LogP contribution in [0.25, 0.3) is 6.08 Å². The monoisotopic (exact) mass is 460 g/mol. The van der Waals surface area contributed by atoms with Gasteiger partial charge in [0.15, 0.2) is 0 Å². The van der Waals surface area contributed by atoms with Crippen LogP contribution in [0, 0.1) is 6.92 Å². The second kappa shape index (κ2) is 10.6. The third-order valence-electron chi connectivity index (χ3n) is 4.35. The summed E-state index contributed by atoms with van der Waals surface area (Å²) in [6.07, 6.45) is 2.82. The van der Waals surface area contributed by atoms with E-state index in [4.69, 9.17) is 28.6 Å². The number of nitrogens with one attached hydrogen (secondary N) is 2. The highest BCUT2D eigenvalue weighted by atomic mass is 35.5. The number of hydrogen-bond acceptors (Lipinski definition) is 5. The van der Waals surface area contributed by atoms with Crippen molar-refractivity contribution >= 4 is 57.8 Å². The Morgan fingerprint density at radius 2 is 2.03 bits per heavy atom. The summed E-state index contributed by atoms with van der Waals surface area (Å²) in [5.74, 6) is 0.576. The zero-order chi connectivity index (χ0) is 21.5. The van der Waals surface area contributed by atoms with Crippen molar-refractivity contribution in [1.29, 1.82) is 0 Å². The van der Waals surface area contributed by atoms with Crippen LogP contribution in [0.5, 0.6) is 5.75 Å². The summed E-state index contributed by atoms with van der Waals surface area (Å²) in [4.78, 5) is 24.3. The Kier molecular flexibility index (Phi) is 7.90. The van der Waals surface area contributed by atoms with Gasteiger partial charge < -0.3 is 15.4 Å². The molecule has 0 bridgehead atoms. The van der Waals surface area contributed by atoms with E-state index < -0.39 is 0 Å². The summed E-state index contributed by atoms with van der Waals surface area (Å²) >= 11 is 12.1. The smallest absolute Gasteiger partial charge is 0.263 e. The molecule has 1 saturated heterocycles. The highest BCUT2D eigenvalue weighted by Crippen LogP contribution is 2.27. The summed E-state index contributed by atoms with van der Waals surface area (Å²) in [6, 6.07) is 13.1. The highest BCUT2D eigenvalue weighted by molar-refractivity contribution is 8.26. The van der Waals surface area contributed by atoms with E-state index in [0.717, 1.165) is 22.4 Å². The largest absolute Gasteiger partial charge is 0.493 e. The van der Waals surface area contributed by atoms with Crippen LogP contribution in [0.4, 0.5) is 0 Å². The maximum absolute atomic E-state index is 12.0. The van der Waals surface area contributed by atoms with Crippen LogP contribution in [0.1, 0.15) is 29.5 Å². The molecule has 1 heterocycles. The van der Waals surface area contributed by atoms with Gasteiger partial charge in [-0.15, -0.1) is 0 Å². The van der Waals surface area contributed by atoms with Gasteiger partial charge in [0.1, 0.15) is 10.1 Å². The van der Waals surface area contributed by atoms with Gasteiger partial charge in [-0.2, -0.15) is 0 Å². The molecule has 0 unspecified atom stereocenters. The minimum absolute atomic E-state index is 0.0162. The number of aryl methyl sites for hydroxylation is 1. The fraction of sp³-hybridized carbons (Fsp3) is 0.227. The number of carbonyl (C=O) groups is 2. The Hall–Kier alpha value is -2.35. The van der Waals surface area contributed by atoms with Crippen molar-refractivity contribution < 1.29 is 14.3 Å². The number of rotatable bonds is 8. The van der Waals surface area contributed by atoms with E-state index >= 15 is 0 Å². The molecule has 0 radical (unpaired) electrons. The second-order valence-corrected chi connectivity index (χ2v) is 8.89. The molecule has 0 atom stereocenters. The summed E-state index contributed by atoms with van der Waals surface area (Å²) in [5, 5.41) is 6.17. The minimum atomic E-state index is -0.169. The standard InChI is InChI=1S/C22H21ClN2O3S2/c1-14-11-16(12-19-21(27)25-22(29)30-19)6-9-18(14)28-10-2-3-20(26)24-13-15-4-7-17(23)8-5-15/h4-9,11-12H,2-3,10,13H2,1H3,(H,24,26)(H,25,27,29)/b19-12-. The zero-order valence-corrected chi connectivity index (χ0v) is 18.8. The lowest BCUT2D eigenvalue weighted by Gasteiger charge is -2.10. The van der Waals surface area contributed by atoms with Gasteiger partial charge >= 0.3 is 0 Å². The van der Waals surface area contributed by atoms with Crippen molar-refractivity contribution in [3.8, 4) is 5.75 Å². The normalized spacial score (nSPS) is 14.7.